The highest BCUT2D eigenvalue weighted by Gasteiger charge is 2.16. The molecule has 3 aromatic rings. The maximum absolute atomic E-state index is 12.1. The Balaban J connectivity index is 1.78. The van der Waals surface area contributed by atoms with Crippen molar-refractivity contribution >= 4 is 45.6 Å². The Morgan fingerprint density at radius 1 is 0.696 bits per heavy atom. The van der Waals surface area contributed by atoms with Crippen LogP contribution in [0.4, 0.5) is 11.4 Å². The Hall–Kier alpha value is -2.85. The van der Waals surface area contributed by atoms with Crippen LogP contribution in [0.3, 0.4) is 0 Å². The van der Waals surface area contributed by atoms with E-state index >= 15 is 0 Å². The highest BCUT2D eigenvalue weighted by atomic mass is 35.5. The van der Waals surface area contributed by atoms with Gasteiger partial charge < -0.3 is 10.6 Å². The molecular weight excluding hydrogens is 312 g/mol. The van der Waals surface area contributed by atoms with Crippen molar-refractivity contribution in [2.45, 2.75) is 0 Å². The Bertz CT molecular complexity index is 888. The summed E-state index contributed by atoms with van der Waals surface area (Å²) in [5, 5.41) is 7.35. The van der Waals surface area contributed by atoms with Gasteiger partial charge >= 0.3 is 11.8 Å². The molecule has 0 aliphatic carbocycles. The monoisotopic (exact) mass is 324 g/mol. The number of fused-ring (bicyclic) bond motifs is 1. The lowest BCUT2D eigenvalue weighted by atomic mass is 10.1. The SMILES string of the molecule is O=C(Nc1ccccc1Cl)C(=O)Nc1cccc2ccccc12. The van der Waals surface area contributed by atoms with Crippen LogP contribution in [0.25, 0.3) is 10.8 Å². The first-order chi connectivity index (χ1) is 11.1. The minimum absolute atomic E-state index is 0.374. The molecule has 0 heterocycles. The number of hydrogen-bond acceptors (Lipinski definition) is 2. The van der Waals surface area contributed by atoms with E-state index in [1.54, 1.807) is 30.3 Å². The molecule has 114 valence electrons. The normalized spacial score (nSPS) is 10.3. The summed E-state index contributed by atoms with van der Waals surface area (Å²) in [6, 6.07) is 19.9. The highest BCUT2D eigenvalue weighted by molar-refractivity contribution is 6.45. The fraction of sp³-hybridized carbons (Fsp3) is 0. The van der Waals surface area contributed by atoms with Crippen LogP contribution in [-0.4, -0.2) is 11.8 Å². The highest BCUT2D eigenvalue weighted by Crippen LogP contribution is 2.23. The summed E-state index contributed by atoms with van der Waals surface area (Å²) in [5.41, 5.74) is 0.981. The van der Waals surface area contributed by atoms with Crippen LogP contribution < -0.4 is 10.6 Å². The molecule has 23 heavy (non-hydrogen) atoms. The number of hydrogen-bond donors (Lipinski definition) is 2. The van der Waals surface area contributed by atoms with Gasteiger partial charge in [-0.1, -0.05) is 60.1 Å². The van der Waals surface area contributed by atoms with Gasteiger partial charge in [0.1, 0.15) is 0 Å². The van der Waals surface area contributed by atoms with Gasteiger partial charge in [0.2, 0.25) is 0 Å². The van der Waals surface area contributed by atoms with Crippen LogP contribution in [0, 0.1) is 0 Å². The minimum Gasteiger partial charge on any atom is -0.317 e. The summed E-state index contributed by atoms with van der Waals surface area (Å²) in [5.74, 6) is -1.52. The molecule has 3 aromatic carbocycles. The zero-order valence-electron chi connectivity index (χ0n) is 12.0. The summed E-state index contributed by atoms with van der Waals surface area (Å²) < 4.78 is 0. The van der Waals surface area contributed by atoms with Crippen LogP contribution in [0.2, 0.25) is 5.02 Å². The fourth-order valence-electron chi connectivity index (χ4n) is 2.26. The topological polar surface area (TPSA) is 58.2 Å². The van der Waals surface area contributed by atoms with E-state index in [1.807, 2.05) is 36.4 Å². The van der Waals surface area contributed by atoms with E-state index in [-0.39, 0.29) is 0 Å². The molecule has 0 aromatic heterocycles. The van der Waals surface area contributed by atoms with Gasteiger partial charge in [-0.2, -0.15) is 0 Å². The smallest absolute Gasteiger partial charge is 0.314 e. The number of halogens is 1. The van der Waals surface area contributed by atoms with E-state index in [4.69, 9.17) is 11.6 Å². The van der Waals surface area contributed by atoms with Crippen molar-refractivity contribution in [2.75, 3.05) is 10.6 Å². The maximum Gasteiger partial charge on any atom is 0.314 e. The van der Waals surface area contributed by atoms with E-state index in [2.05, 4.69) is 10.6 Å². The predicted octanol–water partition coefficient (Wildman–Crippen LogP) is 4.07. The predicted molar refractivity (Wildman–Crippen MR) is 92.7 cm³/mol. The van der Waals surface area contributed by atoms with E-state index in [0.29, 0.717) is 16.4 Å². The third-order valence-electron chi connectivity index (χ3n) is 3.37. The molecule has 0 saturated heterocycles. The van der Waals surface area contributed by atoms with Crippen molar-refractivity contribution in [3.05, 3.63) is 71.8 Å². The van der Waals surface area contributed by atoms with Crippen molar-refractivity contribution in [1.29, 1.82) is 0 Å². The first-order valence-electron chi connectivity index (χ1n) is 7.00. The number of benzene rings is 3. The van der Waals surface area contributed by atoms with Crippen molar-refractivity contribution < 1.29 is 9.59 Å². The average molecular weight is 325 g/mol. The second-order valence-corrected chi connectivity index (χ2v) is 5.32. The molecule has 2 N–H and O–H groups in total. The Morgan fingerprint density at radius 3 is 2.04 bits per heavy atom. The maximum atomic E-state index is 12.1. The molecular formula is C18H13ClN2O2. The summed E-state index contributed by atoms with van der Waals surface area (Å²) in [6.07, 6.45) is 0. The number of nitrogens with one attached hydrogen (secondary N) is 2. The zero-order valence-corrected chi connectivity index (χ0v) is 12.8. The van der Waals surface area contributed by atoms with Gasteiger partial charge in [0.05, 0.1) is 10.7 Å². The van der Waals surface area contributed by atoms with Crippen LogP contribution in [0.15, 0.2) is 66.7 Å². The molecule has 5 heteroatoms. The van der Waals surface area contributed by atoms with Gasteiger partial charge in [0.15, 0.2) is 0 Å². The average Bonchev–Trinajstić information content (AvgIpc) is 2.57. The zero-order chi connectivity index (χ0) is 16.2. The Kier molecular flexibility index (Phi) is 4.26. The van der Waals surface area contributed by atoms with E-state index in [0.717, 1.165) is 10.8 Å². The number of carbonyl (C=O) groups is 2. The first kappa shape index (κ1) is 15.1. The lowest BCUT2D eigenvalue weighted by molar-refractivity contribution is -0.132. The van der Waals surface area contributed by atoms with E-state index in [1.165, 1.54) is 0 Å². The second-order valence-electron chi connectivity index (χ2n) is 4.91. The van der Waals surface area contributed by atoms with Crippen molar-refractivity contribution in [1.82, 2.24) is 0 Å². The molecule has 0 saturated carbocycles. The number of anilines is 2. The molecule has 0 radical (unpaired) electrons. The molecule has 0 spiro atoms. The van der Waals surface area contributed by atoms with Gasteiger partial charge in [-0.15, -0.1) is 0 Å². The Morgan fingerprint density at radius 2 is 1.26 bits per heavy atom. The molecule has 0 fully saturated rings. The van der Waals surface area contributed by atoms with Gasteiger partial charge in [-0.05, 0) is 23.6 Å². The van der Waals surface area contributed by atoms with Crippen LogP contribution in [0.1, 0.15) is 0 Å². The lowest BCUT2D eigenvalue weighted by Gasteiger charge is -2.09. The molecule has 3 rings (SSSR count). The molecule has 2 amide bonds. The molecule has 4 nitrogen and oxygen atoms in total. The number of para-hydroxylation sites is 1. The lowest BCUT2D eigenvalue weighted by Crippen LogP contribution is -2.29. The number of amides is 2. The third kappa shape index (κ3) is 3.33. The minimum atomic E-state index is -0.772. The second kappa shape index (κ2) is 6.50. The van der Waals surface area contributed by atoms with Crippen molar-refractivity contribution in [2.24, 2.45) is 0 Å². The molecule has 0 aliphatic heterocycles. The van der Waals surface area contributed by atoms with Gasteiger partial charge in [0, 0.05) is 11.1 Å². The van der Waals surface area contributed by atoms with E-state index in [9.17, 15) is 9.59 Å². The quantitative estimate of drug-likeness (QED) is 0.698. The standard InChI is InChI=1S/C18H13ClN2O2/c19-14-9-3-4-10-16(14)21-18(23)17(22)20-15-11-5-7-12-6-1-2-8-13(12)15/h1-11H,(H,20,22)(H,21,23). The van der Waals surface area contributed by atoms with Crippen LogP contribution >= 0.6 is 11.6 Å². The fourth-order valence-corrected chi connectivity index (χ4v) is 2.44. The molecule has 0 aliphatic rings. The Labute approximate surface area is 138 Å². The molecule has 0 atom stereocenters. The van der Waals surface area contributed by atoms with Crippen molar-refractivity contribution in [3.63, 3.8) is 0 Å². The van der Waals surface area contributed by atoms with Gasteiger partial charge in [-0.3, -0.25) is 9.59 Å². The van der Waals surface area contributed by atoms with Crippen molar-refractivity contribution in [3.8, 4) is 0 Å². The molecule has 0 bridgehead atoms. The number of carbonyl (C=O) groups excluding carboxylic acids is 2. The largest absolute Gasteiger partial charge is 0.317 e. The van der Waals surface area contributed by atoms with Gasteiger partial charge in [-0.25, -0.2) is 0 Å². The number of rotatable bonds is 2. The van der Waals surface area contributed by atoms with Gasteiger partial charge in [0.25, 0.3) is 0 Å². The first-order valence-corrected chi connectivity index (χ1v) is 7.37. The third-order valence-corrected chi connectivity index (χ3v) is 3.70. The van der Waals surface area contributed by atoms with Crippen LogP contribution in [0.5, 0.6) is 0 Å². The molecule has 0 unspecified atom stereocenters. The van der Waals surface area contributed by atoms with Crippen LogP contribution in [-0.2, 0) is 9.59 Å². The summed E-state index contributed by atoms with van der Waals surface area (Å²) >= 11 is 5.96. The summed E-state index contributed by atoms with van der Waals surface area (Å²) in [7, 11) is 0. The summed E-state index contributed by atoms with van der Waals surface area (Å²) in [4.78, 5) is 24.1. The van der Waals surface area contributed by atoms with E-state index < -0.39 is 11.8 Å². The summed E-state index contributed by atoms with van der Waals surface area (Å²) in [6.45, 7) is 0.